The number of hydrogen-bond donors (Lipinski definition) is 1. The molecule has 2 aromatic carbocycles. The molecule has 0 saturated carbocycles. The molecule has 0 radical (unpaired) electrons. The number of aliphatic imine (C=N–C) groups is 2. The highest BCUT2D eigenvalue weighted by Gasteiger charge is 2.19. The number of benzene rings is 2. The third-order valence-electron chi connectivity index (χ3n) is 3.59. The standard InChI is InChI=1S/C20H18BrN3/c1-3-22-20-18(13-14(2)21)23-19(24-20)17-11-9-16(10-12-17)15-7-5-4-6-8-15/h4-13H,2-3H2,1H3,(H,22,23,24)/b18-13+. The van der Waals surface area contributed by atoms with Gasteiger partial charge >= 0.3 is 0 Å². The minimum absolute atomic E-state index is 0.687. The van der Waals surface area contributed by atoms with Crippen LogP contribution in [0.5, 0.6) is 0 Å². The van der Waals surface area contributed by atoms with E-state index in [4.69, 9.17) is 0 Å². The van der Waals surface area contributed by atoms with Gasteiger partial charge in [0.05, 0.1) is 5.70 Å². The normalized spacial score (nSPS) is 17.0. The van der Waals surface area contributed by atoms with Crippen LogP contribution in [-0.4, -0.2) is 18.2 Å². The second kappa shape index (κ2) is 7.41. The zero-order valence-corrected chi connectivity index (χ0v) is 15.0. The van der Waals surface area contributed by atoms with Gasteiger partial charge < -0.3 is 5.32 Å². The first-order chi connectivity index (χ1) is 11.7. The smallest absolute Gasteiger partial charge is 0.173 e. The van der Waals surface area contributed by atoms with Crippen molar-refractivity contribution >= 4 is 27.6 Å². The van der Waals surface area contributed by atoms with Crippen LogP contribution < -0.4 is 5.32 Å². The van der Waals surface area contributed by atoms with Gasteiger partial charge in [-0.3, -0.25) is 4.99 Å². The third kappa shape index (κ3) is 3.71. The minimum atomic E-state index is 0.687. The summed E-state index contributed by atoms with van der Waals surface area (Å²) in [6, 6.07) is 18.7. The molecule has 0 aromatic heterocycles. The molecular weight excluding hydrogens is 362 g/mol. The molecule has 2 aromatic rings. The second-order valence-corrected chi connectivity index (χ2v) is 6.35. The van der Waals surface area contributed by atoms with E-state index in [1.54, 1.807) is 0 Å². The number of allylic oxidation sites excluding steroid dienone is 2. The van der Waals surface area contributed by atoms with Crippen LogP contribution in [0.3, 0.4) is 0 Å². The Morgan fingerprint density at radius 3 is 2.33 bits per heavy atom. The molecule has 1 aliphatic rings. The van der Waals surface area contributed by atoms with Crippen molar-refractivity contribution in [3.8, 4) is 11.1 Å². The van der Waals surface area contributed by atoms with Crippen LogP contribution in [0.2, 0.25) is 0 Å². The first-order valence-electron chi connectivity index (χ1n) is 7.80. The topological polar surface area (TPSA) is 36.8 Å². The monoisotopic (exact) mass is 379 g/mol. The van der Waals surface area contributed by atoms with Crippen molar-refractivity contribution in [3.63, 3.8) is 0 Å². The lowest BCUT2D eigenvalue weighted by Gasteiger charge is -2.05. The maximum Gasteiger partial charge on any atom is 0.173 e. The highest BCUT2D eigenvalue weighted by molar-refractivity contribution is 9.11. The van der Waals surface area contributed by atoms with Crippen molar-refractivity contribution in [1.29, 1.82) is 0 Å². The van der Waals surface area contributed by atoms with Crippen LogP contribution >= 0.6 is 15.9 Å². The van der Waals surface area contributed by atoms with Crippen LogP contribution in [0, 0.1) is 0 Å². The van der Waals surface area contributed by atoms with Gasteiger partial charge in [0.25, 0.3) is 0 Å². The Labute approximate surface area is 150 Å². The quantitative estimate of drug-likeness (QED) is 0.804. The molecule has 1 N–H and O–H groups in total. The average Bonchev–Trinajstić information content (AvgIpc) is 2.98. The molecule has 0 fully saturated rings. The molecule has 1 heterocycles. The van der Waals surface area contributed by atoms with Gasteiger partial charge in [0, 0.05) is 16.6 Å². The Balaban J connectivity index is 1.88. The first-order valence-corrected chi connectivity index (χ1v) is 8.59. The molecule has 3 nitrogen and oxygen atoms in total. The van der Waals surface area contributed by atoms with Gasteiger partial charge in [-0.25, -0.2) is 4.99 Å². The summed E-state index contributed by atoms with van der Waals surface area (Å²) >= 11 is 3.36. The zero-order valence-electron chi connectivity index (χ0n) is 13.5. The molecule has 0 saturated heterocycles. The predicted molar refractivity (Wildman–Crippen MR) is 106 cm³/mol. The minimum Gasteiger partial charge on any atom is -0.337 e. The van der Waals surface area contributed by atoms with E-state index >= 15 is 0 Å². The Hall–Kier alpha value is -2.46. The molecule has 0 unspecified atom stereocenters. The highest BCUT2D eigenvalue weighted by atomic mass is 79.9. The fourth-order valence-electron chi connectivity index (χ4n) is 2.49. The molecule has 24 heavy (non-hydrogen) atoms. The summed E-state index contributed by atoms with van der Waals surface area (Å²) in [5.41, 5.74) is 4.28. The van der Waals surface area contributed by atoms with E-state index < -0.39 is 0 Å². The van der Waals surface area contributed by atoms with Crippen molar-refractivity contribution < 1.29 is 0 Å². The van der Waals surface area contributed by atoms with Gasteiger partial charge in [-0.1, -0.05) is 77.1 Å². The van der Waals surface area contributed by atoms with E-state index in [1.807, 2.05) is 31.2 Å². The summed E-state index contributed by atoms with van der Waals surface area (Å²) < 4.78 is 0.782. The fourth-order valence-corrected chi connectivity index (χ4v) is 2.72. The summed E-state index contributed by atoms with van der Waals surface area (Å²) in [5, 5.41) is 3.32. The van der Waals surface area contributed by atoms with E-state index in [-0.39, 0.29) is 0 Å². The van der Waals surface area contributed by atoms with E-state index in [0.717, 1.165) is 21.6 Å². The largest absolute Gasteiger partial charge is 0.337 e. The van der Waals surface area contributed by atoms with Gasteiger partial charge in [-0.2, -0.15) is 0 Å². The zero-order chi connectivity index (χ0) is 16.9. The molecule has 0 atom stereocenters. The number of rotatable bonds is 4. The van der Waals surface area contributed by atoms with E-state index in [1.165, 1.54) is 11.1 Å². The second-order valence-electron chi connectivity index (χ2n) is 5.33. The lowest BCUT2D eigenvalue weighted by atomic mass is 10.0. The maximum absolute atomic E-state index is 4.61. The van der Waals surface area contributed by atoms with Crippen molar-refractivity contribution in [1.82, 2.24) is 5.32 Å². The Bertz CT molecular complexity index is 831. The third-order valence-corrected chi connectivity index (χ3v) is 3.81. The highest BCUT2D eigenvalue weighted by Crippen LogP contribution is 2.21. The molecule has 0 amide bonds. The van der Waals surface area contributed by atoms with Crippen LogP contribution in [-0.2, 0) is 0 Å². The van der Waals surface area contributed by atoms with Crippen molar-refractivity contribution in [3.05, 3.63) is 83.0 Å². The van der Waals surface area contributed by atoms with Gasteiger partial charge in [-0.15, -0.1) is 0 Å². The molecule has 0 spiro atoms. The summed E-state index contributed by atoms with van der Waals surface area (Å²) in [6.45, 7) is 6.53. The number of halogens is 1. The number of hydrogen-bond acceptors (Lipinski definition) is 2. The molecular formula is C20H18BrN3. The van der Waals surface area contributed by atoms with E-state index in [9.17, 15) is 0 Å². The average molecular weight is 380 g/mol. The number of nitrogens with zero attached hydrogens (tertiary/aromatic N) is 2. The summed E-state index contributed by atoms with van der Waals surface area (Å²) in [5.74, 6) is 1.52. The molecule has 0 bridgehead atoms. The van der Waals surface area contributed by atoms with Crippen molar-refractivity contribution in [2.24, 2.45) is 9.98 Å². The molecule has 1 aliphatic heterocycles. The van der Waals surface area contributed by atoms with Crippen LogP contribution in [0.15, 0.2) is 87.4 Å². The van der Waals surface area contributed by atoms with Crippen LogP contribution in [0.1, 0.15) is 12.5 Å². The summed E-state index contributed by atoms with van der Waals surface area (Å²) in [6.07, 6.45) is 1.89. The lowest BCUT2D eigenvalue weighted by Crippen LogP contribution is -2.19. The van der Waals surface area contributed by atoms with Gasteiger partial charge in [0.2, 0.25) is 0 Å². The molecule has 0 aliphatic carbocycles. The summed E-state index contributed by atoms with van der Waals surface area (Å²) in [7, 11) is 0. The van der Waals surface area contributed by atoms with Gasteiger partial charge in [0.15, 0.2) is 5.84 Å². The van der Waals surface area contributed by atoms with Gasteiger partial charge in [0.1, 0.15) is 5.84 Å². The van der Waals surface area contributed by atoms with Crippen LogP contribution in [0.25, 0.3) is 11.1 Å². The number of amidine groups is 2. The molecule has 4 heteroatoms. The SMILES string of the molecule is C=C(Br)/C=C1/NC(c2ccc(-c3ccccc3)cc2)=NC1=NCC. The van der Waals surface area contributed by atoms with E-state index in [2.05, 4.69) is 74.2 Å². The van der Waals surface area contributed by atoms with Gasteiger partial charge in [-0.05, 0) is 24.1 Å². The molecule has 120 valence electrons. The van der Waals surface area contributed by atoms with Crippen LogP contribution in [0.4, 0.5) is 0 Å². The lowest BCUT2D eigenvalue weighted by molar-refractivity contribution is 1.12. The Morgan fingerprint density at radius 1 is 1.08 bits per heavy atom. The summed E-state index contributed by atoms with van der Waals surface area (Å²) in [4.78, 5) is 9.05. The predicted octanol–water partition coefficient (Wildman–Crippen LogP) is 4.91. The van der Waals surface area contributed by atoms with Crippen molar-refractivity contribution in [2.75, 3.05) is 6.54 Å². The maximum atomic E-state index is 4.61. The van der Waals surface area contributed by atoms with Crippen molar-refractivity contribution in [2.45, 2.75) is 6.92 Å². The Kier molecular flexibility index (Phi) is 5.06. The molecule has 3 rings (SSSR count). The first kappa shape index (κ1) is 16.4. The fraction of sp³-hybridized carbons (Fsp3) is 0.100. The number of nitrogens with one attached hydrogen (secondary N) is 1. The Morgan fingerprint density at radius 2 is 1.71 bits per heavy atom. The van der Waals surface area contributed by atoms with E-state index in [0.29, 0.717) is 12.4 Å².